The highest BCUT2D eigenvalue weighted by atomic mass is 35.5. The van der Waals surface area contributed by atoms with Crippen molar-refractivity contribution >= 4 is 44.6 Å². The molecule has 4 heterocycles. The van der Waals surface area contributed by atoms with Crippen LogP contribution in [0.5, 0.6) is 0 Å². The maximum absolute atomic E-state index is 11.7. The van der Waals surface area contributed by atoms with Crippen LogP contribution >= 0.6 is 23.2 Å². The highest BCUT2D eigenvalue weighted by molar-refractivity contribution is 7.92. The molecular weight excluding hydrogens is 473 g/mol. The van der Waals surface area contributed by atoms with E-state index < -0.39 is 10.0 Å². The average Bonchev–Trinajstić information content (AvgIpc) is 3.31. The summed E-state index contributed by atoms with van der Waals surface area (Å²) in [6, 6.07) is 8.77. The van der Waals surface area contributed by atoms with Gasteiger partial charge in [-0.05, 0) is 30.3 Å². The van der Waals surface area contributed by atoms with E-state index in [0.717, 1.165) is 42.1 Å². The van der Waals surface area contributed by atoms with Crippen LogP contribution in [0.15, 0.2) is 42.9 Å². The molecule has 1 N–H and O–H groups in total. The van der Waals surface area contributed by atoms with Gasteiger partial charge in [0.25, 0.3) is 0 Å². The second-order valence-electron chi connectivity index (χ2n) is 7.66. The average molecular weight is 492 g/mol. The fraction of sp³-hybridized carbons (Fsp3) is 0.250. The number of anilines is 1. The van der Waals surface area contributed by atoms with Crippen molar-refractivity contribution in [1.82, 2.24) is 29.0 Å². The standard InChI is InChI=1S/C20H19Cl2N7O2S/c1-32(30,31)26-14-3-5-18-25-20(15-4-2-13(21)8-16(15)22)17(28(18)9-14)10-27-6-7-29-19(11-27)23-12-24-29/h2-5,8-9,12,26H,6-7,10-11H2,1H3. The molecule has 166 valence electrons. The number of benzene rings is 1. The van der Waals surface area contributed by atoms with Crippen molar-refractivity contribution in [2.24, 2.45) is 0 Å². The molecule has 0 unspecified atom stereocenters. The summed E-state index contributed by atoms with van der Waals surface area (Å²) in [6.07, 6.45) is 4.42. The topological polar surface area (TPSA) is 97.4 Å². The van der Waals surface area contributed by atoms with Gasteiger partial charge in [0.15, 0.2) is 0 Å². The maximum Gasteiger partial charge on any atom is 0.229 e. The number of imidazole rings is 1. The number of sulfonamides is 1. The molecule has 0 spiro atoms. The van der Waals surface area contributed by atoms with Gasteiger partial charge < -0.3 is 0 Å². The smallest absolute Gasteiger partial charge is 0.229 e. The molecule has 12 heteroatoms. The van der Waals surface area contributed by atoms with Gasteiger partial charge in [0.05, 0.1) is 41.4 Å². The lowest BCUT2D eigenvalue weighted by Gasteiger charge is -2.26. The number of nitrogens with one attached hydrogen (secondary N) is 1. The Morgan fingerprint density at radius 1 is 1.16 bits per heavy atom. The van der Waals surface area contributed by atoms with E-state index in [0.29, 0.717) is 34.5 Å². The molecule has 0 radical (unpaired) electrons. The van der Waals surface area contributed by atoms with Gasteiger partial charge in [0, 0.05) is 29.9 Å². The van der Waals surface area contributed by atoms with Crippen molar-refractivity contribution in [3.05, 3.63) is 64.4 Å². The molecule has 9 nitrogen and oxygen atoms in total. The Bertz CT molecular complexity index is 1430. The molecule has 0 aliphatic carbocycles. The maximum atomic E-state index is 11.7. The molecular formula is C20H19Cl2N7O2S. The third kappa shape index (κ3) is 4.18. The number of pyridine rings is 1. The largest absolute Gasteiger partial charge is 0.300 e. The Labute approximate surface area is 194 Å². The molecule has 1 aromatic carbocycles. The first kappa shape index (κ1) is 21.2. The number of aromatic nitrogens is 5. The Morgan fingerprint density at radius 2 is 2.00 bits per heavy atom. The summed E-state index contributed by atoms with van der Waals surface area (Å²) >= 11 is 12.6. The van der Waals surface area contributed by atoms with Gasteiger partial charge in [0.1, 0.15) is 17.8 Å². The molecule has 5 rings (SSSR count). The Balaban J connectivity index is 1.61. The van der Waals surface area contributed by atoms with E-state index in [1.807, 2.05) is 15.1 Å². The van der Waals surface area contributed by atoms with Crippen LogP contribution in [0.2, 0.25) is 10.0 Å². The molecule has 0 amide bonds. The van der Waals surface area contributed by atoms with Crippen LogP contribution in [0.1, 0.15) is 11.5 Å². The summed E-state index contributed by atoms with van der Waals surface area (Å²) in [5.74, 6) is 0.899. The van der Waals surface area contributed by atoms with Gasteiger partial charge in [-0.3, -0.25) is 14.0 Å². The van der Waals surface area contributed by atoms with E-state index in [1.165, 1.54) is 0 Å². The highest BCUT2D eigenvalue weighted by Crippen LogP contribution is 2.34. The van der Waals surface area contributed by atoms with Gasteiger partial charge in [-0.15, -0.1) is 0 Å². The summed E-state index contributed by atoms with van der Waals surface area (Å²) in [5.41, 5.74) is 3.49. The lowest BCUT2D eigenvalue weighted by molar-refractivity contribution is 0.199. The first-order valence-corrected chi connectivity index (χ1v) is 12.4. The zero-order chi connectivity index (χ0) is 22.5. The lowest BCUT2D eigenvalue weighted by atomic mass is 10.1. The molecule has 4 aromatic rings. The SMILES string of the molecule is CS(=O)(=O)Nc1ccc2nc(-c3ccc(Cl)cc3Cl)c(CN3CCn4ncnc4C3)n2c1. The third-order valence-corrected chi connectivity index (χ3v) is 6.42. The van der Waals surface area contributed by atoms with Gasteiger partial charge in [-0.2, -0.15) is 5.10 Å². The van der Waals surface area contributed by atoms with E-state index >= 15 is 0 Å². The summed E-state index contributed by atoms with van der Waals surface area (Å²) in [5, 5.41) is 5.27. The quantitative estimate of drug-likeness (QED) is 0.459. The molecule has 0 fully saturated rings. The van der Waals surface area contributed by atoms with Crippen molar-refractivity contribution in [3.63, 3.8) is 0 Å². The predicted octanol–water partition coefficient (Wildman–Crippen LogP) is 3.29. The minimum absolute atomic E-state index is 0.450. The number of hydrogen-bond acceptors (Lipinski definition) is 6. The van der Waals surface area contributed by atoms with Crippen LogP contribution in [0.4, 0.5) is 5.69 Å². The molecule has 0 bridgehead atoms. The number of hydrogen-bond donors (Lipinski definition) is 1. The van der Waals surface area contributed by atoms with Crippen molar-refractivity contribution in [3.8, 4) is 11.3 Å². The second-order valence-corrected chi connectivity index (χ2v) is 10.3. The Kier molecular flexibility index (Phi) is 5.32. The fourth-order valence-electron chi connectivity index (χ4n) is 3.88. The fourth-order valence-corrected chi connectivity index (χ4v) is 4.92. The minimum atomic E-state index is -3.42. The molecule has 3 aromatic heterocycles. The summed E-state index contributed by atoms with van der Waals surface area (Å²) < 4.78 is 29.8. The van der Waals surface area contributed by atoms with E-state index in [9.17, 15) is 8.42 Å². The van der Waals surface area contributed by atoms with Crippen molar-refractivity contribution in [2.75, 3.05) is 17.5 Å². The van der Waals surface area contributed by atoms with Crippen molar-refractivity contribution in [1.29, 1.82) is 0 Å². The van der Waals surface area contributed by atoms with Gasteiger partial charge >= 0.3 is 0 Å². The van der Waals surface area contributed by atoms with E-state index in [-0.39, 0.29) is 0 Å². The molecule has 0 saturated heterocycles. The Morgan fingerprint density at radius 3 is 2.78 bits per heavy atom. The van der Waals surface area contributed by atoms with Gasteiger partial charge in [-0.1, -0.05) is 23.2 Å². The number of fused-ring (bicyclic) bond motifs is 2. The second kappa shape index (κ2) is 8.04. The number of rotatable bonds is 5. The number of halogens is 2. The highest BCUT2D eigenvalue weighted by Gasteiger charge is 2.23. The molecule has 32 heavy (non-hydrogen) atoms. The first-order chi connectivity index (χ1) is 15.3. The lowest BCUT2D eigenvalue weighted by Crippen LogP contribution is -2.34. The minimum Gasteiger partial charge on any atom is -0.300 e. The zero-order valence-corrected chi connectivity index (χ0v) is 19.4. The molecule has 0 saturated carbocycles. The van der Waals surface area contributed by atoms with Crippen molar-refractivity contribution in [2.45, 2.75) is 19.6 Å². The summed E-state index contributed by atoms with van der Waals surface area (Å²) in [4.78, 5) is 11.4. The van der Waals surface area contributed by atoms with Gasteiger partial charge in [0.2, 0.25) is 10.0 Å². The van der Waals surface area contributed by atoms with Crippen LogP contribution in [0.25, 0.3) is 16.9 Å². The predicted molar refractivity (Wildman–Crippen MR) is 123 cm³/mol. The van der Waals surface area contributed by atoms with E-state index in [4.69, 9.17) is 28.2 Å². The Hall–Kier alpha value is -2.66. The molecule has 1 aliphatic heterocycles. The van der Waals surface area contributed by atoms with Gasteiger partial charge in [-0.25, -0.2) is 23.1 Å². The van der Waals surface area contributed by atoms with Crippen LogP contribution in [-0.4, -0.2) is 50.3 Å². The molecule has 1 aliphatic rings. The van der Waals surface area contributed by atoms with Crippen LogP contribution in [0, 0.1) is 0 Å². The van der Waals surface area contributed by atoms with Crippen molar-refractivity contribution < 1.29 is 8.42 Å². The number of nitrogens with zero attached hydrogens (tertiary/aromatic N) is 6. The van der Waals surface area contributed by atoms with E-state index in [2.05, 4.69) is 19.7 Å². The normalized spacial score (nSPS) is 14.6. The van der Waals surface area contributed by atoms with Crippen LogP contribution < -0.4 is 4.72 Å². The molecule has 0 atom stereocenters. The monoisotopic (exact) mass is 491 g/mol. The van der Waals surface area contributed by atoms with E-state index in [1.54, 1.807) is 36.8 Å². The summed E-state index contributed by atoms with van der Waals surface area (Å²) in [7, 11) is -3.42. The zero-order valence-electron chi connectivity index (χ0n) is 17.0. The first-order valence-electron chi connectivity index (χ1n) is 9.80. The third-order valence-electron chi connectivity index (χ3n) is 5.27. The van der Waals surface area contributed by atoms with Crippen LogP contribution in [-0.2, 0) is 29.7 Å². The summed E-state index contributed by atoms with van der Waals surface area (Å²) in [6.45, 7) is 2.73. The van der Waals surface area contributed by atoms with Crippen LogP contribution in [0.3, 0.4) is 0 Å².